The predicted molar refractivity (Wildman–Crippen MR) is 102 cm³/mol. The molecule has 0 aromatic heterocycles. The number of nitrogens with one attached hydrogen (secondary N) is 1. The van der Waals surface area contributed by atoms with E-state index in [4.69, 9.17) is 4.74 Å². The van der Waals surface area contributed by atoms with Gasteiger partial charge >= 0.3 is 0 Å². The monoisotopic (exact) mass is 374 g/mol. The first-order chi connectivity index (χ1) is 12.4. The maximum Gasteiger partial charge on any atom is 0.255 e. The van der Waals surface area contributed by atoms with E-state index in [-0.39, 0.29) is 11.7 Å². The molecule has 0 radical (unpaired) electrons. The Labute approximate surface area is 153 Å². The lowest BCUT2D eigenvalue weighted by molar-refractivity contribution is 0.102. The molecule has 0 bridgehead atoms. The SMILES string of the molecule is CS(=O)(=O)Cc1cccc(C(=O)Nc2ccc(N3CCOCC3)cc2)c1. The Bertz CT molecular complexity index is 873. The molecule has 0 atom stereocenters. The maximum atomic E-state index is 12.4. The number of morpholine rings is 1. The maximum absolute atomic E-state index is 12.4. The number of hydrogen-bond donors (Lipinski definition) is 1. The fourth-order valence-corrected chi connectivity index (χ4v) is 3.67. The minimum absolute atomic E-state index is 0.0810. The van der Waals surface area contributed by atoms with Gasteiger partial charge < -0.3 is 15.0 Å². The highest BCUT2D eigenvalue weighted by Crippen LogP contribution is 2.20. The first-order valence-electron chi connectivity index (χ1n) is 8.41. The first-order valence-corrected chi connectivity index (χ1v) is 10.5. The minimum atomic E-state index is -3.14. The van der Waals surface area contributed by atoms with Gasteiger partial charge in [-0.05, 0) is 42.0 Å². The smallest absolute Gasteiger partial charge is 0.255 e. The Balaban J connectivity index is 1.67. The van der Waals surface area contributed by atoms with E-state index in [1.165, 1.54) is 6.26 Å². The van der Waals surface area contributed by atoms with Crippen molar-refractivity contribution in [2.75, 3.05) is 42.8 Å². The number of hydrogen-bond acceptors (Lipinski definition) is 5. The van der Waals surface area contributed by atoms with Crippen LogP contribution in [0.25, 0.3) is 0 Å². The summed E-state index contributed by atoms with van der Waals surface area (Å²) in [5.74, 6) is -0.345. The summed E-state index contributed by atoms with van der Waals surface area (Å²) in [6, 6.07) is 14.3. The highest BCUT2D eigenvalue weighted by atomic mass is 32.2. The van der Waals surface area contributed by atoms with Gasteiger partial charge in [-0.2, -0.15) is 0 Å². The van der Waals surface area contributed by atoms with Crippen LogP contribution in [0.5, 0.6) is 0 Å². The summed E-state index contributed by atoms with van der Waals surface area (Å²) in [5, 5.41) is 2.85. The lowest BCUT2D eigenvalue weighted by Crippen LogP contribution is -2.36. The molecule has 6 nitrogen and oxygen atoms in total. The third kappa shape index (κ3) is 5.06. The average molecular weight is 374 g/mol. The molecule has 26 heavy (non-hydrogen) atoms. The molecule has 2 aromatic carbocycles. The number of ether oxygens (including phenoxy) is 1. The van der Waals surface area contributed by atoms with Crippen LogP contribution in [0.1, 0.15) is 15.9 Å². The van der Waals surface area contributed by atoms with E-state index in [1.54, 1.807) is 24.3 Å². The standard InChI is InChI=1S/C19H22N2O4S/c1-26(23,24)14-15-3-2-4-16(13-15)19(22)20-17-5-7-18(8-6-17)21-9-11-25-12-10-21/h2-8,13H,9-12,14H2,1H3,(H,20,22). The molecule has 1 aliphatic heterocycles. The van der Waals surface area contributed by atoms with E-state index in [0.717, 1.165) is 32.0 Å². The first kappa shape index (κ1) is 18.4. The van der Waals surface area contributed by atoms with Crippen molar-refractivity contribution in [3.05, 3.63) is 59.7 Å². The zero-order chi connectivity index (χ0) is 18.6. The summed E-state index contributed by atoms with van der Waals surface area (Å²) in [5.41, 5.74) is 2.83. The van der Waals surface area contributed by atoms with Gasteiger partial charge in [0.25, 0.3) is 5.91 Å². The lowest BCUT2D eigenvalue weighted by atomic mass is 10.1. The van der Waals surface area contributed by atoms with Crippen molar-refractivity contribution in [2.45, 2.75) is 5.75 Å². The van der Waals surface area contributed by atoms with Gasteiger partial charge in [-0.15, -0.1) is 0 Å². The Morgan fingerprint density at radius 2 is 1.81 bits per heavy atom. The molecule has 138 valence electrons. The third-order valence-electron chi connectivity index (χ3n) is 4.12. The molecule has 0 unspecified atom stereocenters. The molecule has 1 saturated heterocycles. The van der Waals surface area contributed by atoms with Gasteiger partial charge in [0.1, 0.15) is 0 Å². The van der Waals surface area contributed by atoms with Crippen molar-refractivity contribution in [2.24, 2.45) is 0 Å². The highest BCUT2D eigenvalue weighted by Gasteiger charge is 2.12. The van der Waals surface area contributed by atoms with Crippen LogP contribution in [-0.2, 0) is 20.3 Å². The highest BCUT2D eigenvalue weighted by molar-refractivity contribution is 7.89. The molecule has 0 spiro atoms. The Morgan fingerprint density at radius 3 is 2.46 bits per heavy atom. The van der Waals surface area contributed by atoms with Crippen molar-refractivity contribution >= 4 is 27.1 Å². The van der Waals surface area contributed by atoms with Crippen LogP contribution in [-0.4, -0.2) is 46.9 Å². The van der Waals surface area contributed by atoms with Gasteiger partial charge in [0.2, 0.25) is 0 Å². The fourth-order valence-electron chi connectivity index (χ4n) is 2.89. The van der Waals surface area contributed by atoms with E-state index in [9.17, 15) is 13.2 Å². The van der Waals surface area contributed by atoms with Crippen LogP contribution in [0.15, 0.2) is 48.5 Å². The number of carbonyl (C=O) groups excluding carboxylic acids is 1. The topological polar surface area (TPSA) is 75.7 Å². The normalized spacial score (nSPS) is 14.9. The molecule has 0 saturated carbocycles. The molecule has 3 rings (SSSR count). The molecule has 1 heterocycles. The second-order valence-corrected chi connectivity index (χ2v) is 8.51. The van der Waals surface area contributed by atoms with Gasteiger partial charge in [0.05, 0.1) is 19.0 Å². The fraction of sp³-hybridized carbons (Fsp3) is 0.316. The molecular weight excluding hydrogens is 352 g/mol. The molecule has 1 fully saturated rings. The molecular formula is C19H22N2O4S. The van der Waals surface area contributed by atoms with Crippen LogP contribution in [0, 0.1) is 0 Å². The average Bonchev–Trinajstić information content (AvgIpc) is 2.62. The zero-order valence-corrected chi connectivity index (χ0v) is 15.5. The molecule has 0 aliphatic carbocycles. The van der Waals surface area contributed by atoms with Gasteiger partial charge in [-0.25, -0.2) is 8.42 Å². The summed E-state index contributed by atoms with van der Waals surface area (Å²) in [4.78, 5) is 14.7. The van der Waals surface area contributed by atoms with Crippen molar-refractivity contribution in [3.63, 3.8) is 0 Å². The summed E-state index contributed by atoms with van der Waals surface area (Å²) < 4.78 is 28.2. The van der Waals surface area contributed by atoms with E-state index in [1.807, 2.05) is 24.3 Å². The van der Waals surface area contributed by atoms with Gasteiger partial charge in [-0.3, -0.25) is 4.79 Å². The molecule has 2 aromatic rings. The Morgan fingerprint density at radius 1 is 1.12 bits per heavy atom. The van der Waals surface area contributed by atoms with Gasteiger partial charge in [0, 0.05) is 36.3 Å². The largest absolute Gasteiger partial charge is 0.378 e. The predicted octanol–water partition coefficient (Wildman–Crippen LogP) is 2.32. The van der Waals surface area contributed by atoms with E-state index in [0.29, 0.717) is 16.8 Å². The summed E-state index contributed by atoms with van der Waals surface area (Å²) in [7, 11) is -3.14. The number of anilines is 2. The summed E-state index contributed by atoms with van der Waals surface area (Å²) in [6.45, 7) is 3.17. The van der Waals surface area contributed by atoms with E-state index < -0.39 is 9.84 Å². The number of nitrogens with zero attached hydrogens (tertiary/aromatic N) is 1. The number of sulfone groups is 1. The number of amides is 1. The number of benzene rings is 2. The van der Waals surface area contributed by atoms with Crippen LogP contribution in [0.3, 0.4) is 0 Å². The van der Waals surface area contributed by atoms with Crippen LogP contribution in [0.4, 0.5) is 11.4 Å². The number of rotatable bonds is 5. The Hall–Kier alpha value is -2.38. The second-order valence-electron chi connectivity index (χ2n) is 6.37. The van der Waals surface area contributed by atoms with Crippen LogP contribution >= 0.6 is 0 Å². The minimum Gasteiger partial charge on any atom is -0.378 e. The zero-order valence-electron chi connectivity index (χ0n) is 14.6. The summed E-state index contributed by atoms with van der Waals surface area (Å²) in [6.07, 6.45) is 1.18. The van der Waals surface area contributed by atoms with Crippen molar-refractivity contribution < 1.29 is 17.9 Å². The van der Waals surface area contributed by atoms with E-state index in [2.05, 4.69) is 10.2 Å². The van der Waals surface area contributed by atoms with Crippen LogP contribution < -0.4 is 10.2 Å². The molecule has 1 N–H and O–H groups in total. The molecule has 7 heteroatoms. The second kappa shape index (κ2) is 7.88. The van der Waals surface area contributed by atoms with Crippen molar-refractivity contribution in [3.8, 4) is 0 Å². The summed E-state index contributed by atoms with van der Waals surface area (Å²) >= 11 is 0. The molecule has 1 amide bonds. The van der Waals surface area contributed by atoms with Gasteiger partial charge in [-0.1, -0.05) is 12.1 Å². The van der Waals surface area contributed by atoms with Crippen molar-refractivity contribution in [1.29, 1.82) is 0 Å². The Kier molecular flexibility index (Phi) is 5.58. The van der Waals surface area contributed by atoms with Gasteiger partial charge in [0.15, 0.2) is 9.84 Å². The lowest BCUT2D eigenvalue weighted by Gasteiger charge is -2.28. The van der Waals surface area contributed by atoms with Crippen molar-refractivity contribution in [1.82, 2.24) is 0 Å². The third-order valence-corrected chi connectivity index (χ3v) is 4.98. The van der Waals surface area contributed by atoms with Crippen LogP contribution in [0.2, 0.25) is 0 Å². The van der Waals surface area contributed by atoms with E-state index >= 15 is 0 Å². The number of carbonyl (C=O) groups is 1. The quantitative estimate of drug-likeness (QED) is 0.869. The molecule has 1 aliphatic rings.